The van der Waals surface area contributed by atoms with Crippen LogP contribution in [-0.4, -0.2) is 213 Å². The lowest BCUT2D eigenvalue weighted by Crippen LogP contribution is -2.55. The van der Waals surface area contributed by atoms with Gasteiger partial charge in [-0.1, -0.05) is 0 Å². The fourth-order valence-corrected chi connectivity index (χ4v) is 7.98. The largest absolute Gasteiger partial charge is 0.481 e. The lowest BCUT2D eigenvalue weighted by Gasteiger charge is -2.21. The van der Waals surface area contributed by atoms with Gasteiger partial charge in [0, 0.05) is 62.7 Å². The molecule has 1 heterocycles. The third kappa shape index (κ3) is 32.0. The zero-order valence-electron chi connectivity index (χ0n) is 49.3. The minimum Gasteiger partial charge on any atom is -0.481 e. The quantitative estimate of drug-likeness (QED) is 0.0218. The standard InChI is InChI=1S/C53H76N16O21S/c1-55-46-45(52(88)63-27-54)64-30(22-58-46)21-57-29-13-11-28(12-14-29)47(83)69-35(53(89)90)15-17-36(70)65-34(16-18-44(81)82)51(87)62-26-40(74)68-33(7-4-10-43(79)80)50(86)61-25-39(73)67-32(6-3-9-42(77)78)49(85)60-24-38(72)66-31(5-2-8-41(75)76)48(84)59-23-37(71)56-19-20-91/h11-14,22,31-35,57,91H,2-10,15-21,23-27,54H2,1H3,(H,55,58)(H,56,71)(H,59,84)(H,60,85)(H,61,86)(H,62,87)(H,63,88)(H,65,70)(H,66,72)(H,67,73)(H,68,74)(H,69,83)(H,75,76)(H,77,78)(H,79,80)(H,81,82)(H,89,90). The van der Waals surface area contributed by atoms with E-state index < -0.39 is 190 Å². The molecule has 2 rings (SSSR count). The Bertz CT molecular complexity index is 2920. The number of nitrogens with zero attached hydrogens (tertiary/aromatic N) is 2. The molecule has 1 aromatic carbocycles. The van der Waals surface area contributed by atoms with E-state index in [-0.39, 0.29) is 81.8 Å². The highest BCUT2D eigenvalue weighted by atomic mass is 32.1. The summed E-state index contributed by atoms with van der Waals surface area (Å²) in [5, 5.41) is 77.7. The van der Waals surface area contributed by atoms with Crippen molar-refractivity contribution in [3.05, 3.63) is 47.4 Å². The van der Waals surface area contributed by atoms with Crippen LogP contribution in [0, 0.1) is 0 Å². The molecule has 0 aliphatic rings. The van der Waals surface area contributed by atoms with E-state index in [1.54, 1.807) is 7.05 Å². The maximum atomic E-state index is 13.4. The molecule has 1 aromatic heterocycles. The van der Waals surface area contributed by atoms with Crippen LogP contribution in [0.1, 0.15) is 110 Å². The molecule has 0 bridgehead atoms. The van der Waals surface area contributed by atoms with Crippen LogP contribution in [0.5, 0.6) is 0 Å². The first-order chi connectivity index (χ1) is 43.2. The number of benzene rings is 1. The monoisotopic (exact) mass is 1300 g/mol. The lowest BCUT2D eigenvalue weighted by molar-refractivity contribution is -0.140. The maximum Gasteiger partial charge on any atom is 0.326 e. The van der Waals surface area contributed by atoms with Crippen LogP contribution in [0.3, 0.4) is 0 Å². The summed E-state index contributed by atoms with van der Waals surface area (Å²) in [6.45, 7) is -3.00. The van der Waals surface area contributed by atoms with Crippen molar-refractivity contribution in [3.8, 4) is 0 Å². The Hall–Kier alpha value is -10.3. The number of amides is 11. The number of carboxylic acid groups (broad SMARTS) is 5. The van der Waals surface area contributed by atoms with Crippen molar-refractivity contribution in [2.45, 2.75) is 120 Å². The van der Waals surface area contributed by atoms with Gasteiger partial charge in [0.15, 0.2) is 11.5 Å². The molecular weight excluding hydrogens is 1230 g/mol. The number of hydrogen-bond acceptors (Lipinski definition) is 22. The molecule has 0 saturated carbocycles. The van der Waals surface area contributed by atoms with E-state index in [9.17, 15) is 97.1 Å². The van der Waals surface area contributed by atoms with Crippen molar-refractivity contribution in [1.29, 1.82) is 0 Å². The van der Waals surface area contributed by atoms with E-state index in [0.717, 1.165) is 0 Å². The Morgan fingerprint density at radius 2 is 0.901 bits per heavy atom. The number of hydrogen-bond donors (Lipinski definition) is 20. The van der Waals surface area contributed by atoms with Crippen molar-refractivity contribution < 1.29 is 102 Å². The van der Waals surface area contributed by atoms with Crippen molar-refractivity contribution in [2.75, 3.05) is 62.8 Å². The molecule has 11 amide bonds. The smallest absolute Gasteiger partial charge is 0.326 e. The number of aliphatic carboxylic acids is 5. The molecule has 91 heavy (non-hydrogen) atoms. The van der Waals surface area contributed by atoms with Gasteiger partial charge in [-0.2, -0.15) is 12.6 Å². The van der Waals surface area contributed by atoms with Crippen LogP contribution >= 0.6 is 12.6 Å². The number of nitrogens with one attached hydrogen (secondary N) is 13. The maximum absolute atomic E-state index is 13.4. The highest BCUT2D eigenvalue weighted by Gasteiger charge is 2.29. The molecule has 5 unspecified atom stereocenters. The second-order valence-electron chi connectivity index (χ2n) is 19.6. The zero-order valence-corrected chi connectivity index (χ0v) is 50.2. The molecular formula is C53H76N16O21S. The topological polar surface area (TPSA) is 582 Å². The van der Waals surface area contributed by atoms with Crippen LogP contribution in [0.2, 0.25) is 0 Å². The predicted molar refractivity (Wildman–Crippen MR) is 318 cm³/mol. The average Bonchev–Trinajstić information content (AvgIpc) is 3.63. The number of thiol groups is 1. The Kier molecular flexibility index (Phi) is 35.3. The van der Waals surface area contributed by atoms with Gasteiger partial charge >= 0.3 is 29.8 Å². The molecule has 38 heteroatoms. The van der Waals surface area contributed by atoms with Gasteiger partial charge in [0.05, 0.1) is 51.3 Å². The average molecular weight is 1310 g/mol. The summed E-state index contributed by atoms with van der Waals surface area (Å²) in [7, 11) is 1.56. The van der Waals surface area contributed by atoms with Gasteiger partial charge in [-0.05, 0) is 75.6 Å². The molecule has 500 valence electrons. The van der Waals surface area contributed by atoms with Crippen LogP contribution in [-0.2, 0) is 73.7 Å². The summed E-state index contributed by atoms with van der Waals surface area (Å²) in [5.41, 5.74) is 6.30. The molecule has 0 spiro atoms. The van der Waals surface area contributed by atoms with E-state index in [0.29, 0.717) is 17.1 Å². The Balaban J connectivity index is 2.07. The first-order valence-electron chi connectivity index (χ1n) is 28.1. The van der Waals surface area contributed by atoms with Gasteiger partial charge < -0.3 is 100 Å². The summed E-state index contributed by atoms with van der Waals surface area (Å²) >= 11 is 3.96. The number of carbonyl (C=O) groups excluding carboxylic acids is 11. The first-order valence-corrected chi connectivity index (χ1v) is 28.7. The van der Waals surface area contributed by atoms with Crippen molar-refractivity contribution >= 4 is 119 Å². The highest BCUT2D eigenvalue weighted by molar-refractivity contribution is 7.80. The third-order valence-electron chi connectivity index (χ3n) is 12.5. The van der Waals surface area contributed by atoms with E-state index in [1.807, 2.05) is 0 Å². The fourth-order valence-electron chi connectivity index (χ4n) is 7.87. The number of anilines is 2. The lowest BCUT2D eigenvalue weighted by atomic mass is 10.1. The summed E-state index contributed by atoms with van der Waals surface area (Å²) in [6, 6.07) is -2.03. The summed E-state index contributed by atoms with van der Waals surface area (Å²) < 4.78 is 0. The van der Waals surface area contributed by atoms with E-state index >= 15 is 0 Å². The molecule has 0 fully saturated rings. The van der Waals surface area contributed by atoms with Gasteiger partial charge in [0.2, 0.25) is 53.2 Å². The molecule has 0 radical (unpaired) electrons. The zero-order chi connectivity index (χ0) is 68.0. The molecule has 20 N–H and O–H groups in total. The van der Waals surface area contributed by atoms with E-state index in [1.165, 1.54) is 30.5 Å². The number of nitrogens with two attached hydrogens (primary N) is 1. The molecule has 37 nitrogen and oxygen atoms in total. The van der Waals surface area contributed by atoms with Crippen LogP contribution in [0.4, 0.5) is 11.5 Å². The number of rotatable bonds is 45. The Morgan fingerprint density at radius 1 is 0.484 bits per heavy atom. The van der Waals surface area contributed by atoms with Crippen LogP contribution in [0.25, 0.3) is 0 Å². The fraction of sp³-hybridized carbons (Fsp3) is 0.509. The number of carboxylic acids is 5. The summed E-state index contributed by atoms with van der Waals surface area (Å²) in [4.78, 5) is 208. The molecule has 5 atom stereocenters. The van der Waals surface area contributed by atoms with E-state index in [4.69, 9.17) is 10.8 Å². The van der Waals surface area contributed by atoms with Gasteiger partial charge in [0.25, 0.3) is 11.8 Å². The molecule has 2 aromatic rings. The second kappa shape index (κ2) is 41.8. The van der Waals surface area contributed by atoms with Crippen molar-refractivity contribution in [3.63, 3.8) is 0 Å². The SMILES string of the molecule is CNc1ncc(CNc2ccc(C(=O)NC(CCC(=O)NC(CCC(=O)O)C(=O)NCC(=O)NC(CCCC(=O)O)C(=O)NCC(=O)NC(CCCC(=O)O)C(=O)NCC(=O)NC(CCCC(=O)O)C(=O)NCC(=O)NCCS)C(=O)O)cc2)nc1C(=O)NCN. The minimum absolute atomic E-state index is 0.00476. The second-order valence-corrected chi connectivity index (χ2v) is 20.0. The molecule has 0 aliphatic heterocycles. The van der Waals surface area contributed by atoms with Gasteiger partial charge in [0.1, 0.15) is 30.2 Å². The van der Waals surface area contributed by atoms with Crippen LogP contribution < -0.4 is 74.9 Å². The Labute approximate surface area is 524 Å². The number of aromatic nitrogens is 2. The predicted octanol–water partition coefficient (Wildman–Crippen LogP) is -5.18. The normalized spacial score (nSPS) is 12.2. The summed E-state index contributed by atoms with van der Waals surface area (Å²) in [5.74, 6) is -16.3. The third-order valence-corrected chi connectivity index (χ3v) is 12.7. The van der Waals surface area contributed by atoms with Gasteiger partial charge in [-0.3, -0.25) is 71.9 Å². The summed E-state index contributed by atoms with van der Waals surface area (Å²) in [6.07, 6.45) is -3.68. The van der Waals surface area contributed by atoms with Crippen molar-refractivity contribution in [2.24, 2.45) is 5.73 Å². The Morgan fingerprint density at radius 3 is 1.31 bits per heavy atom. The minimum atomic E-state index is -1.65. The van der Waals surface area contributed by atoms with Gasteiger partial charge in [-0.25, -0.2) is 14.8 Å². The first kappa shape index (κ1) is 76.8. The molecule has 0 aliphatic carbocycles. The highest BCUT2D eigenvalue weighted by Crippen LogP contribution is 2.15. The van der Waals surface area contributed by atoms with Gasteiger partial charge in [-0.15, -0.1) is 0 Å². The van der Waals surface area contributed by atoms with Crippen LogP contribution in [0.15, 0.2) is 30.5 Å². The molecule has 0 saturated heterocycles. The van der Waals surface area contributed by atoms with Crippen molar-refractivity contribution in [1.82, 2.24) is 68.5 Å². The van der Waals surface area contributed by atoms with E-state index in [2.05, 4.69) is 91.7 Å². The number of carbonyl (C=O) groups is 16.